The van der Waals surface area contributed by atoms with E-state index in [4.69, 9.17) is 4.74 Å². The van der Waals surface area contributed by atoms with Crippen LogP contribution in [-0.2, 0) is 14.3 Å². The van der Waals surface area contributed by atoms with Gasteiger partial charge in [0.05, 0.1) is 0 Å². The molecule has 4 atom stereocenters. The number of carbonyl (C=O) groups is 2. The summed E-state index contributed by atoms with van der Waals surface area (Å²) in [5, 5.41) is 38.1. The van der Waals surface area contributed by atoms with Crippen molar-refractivity contribution in [3.8, 4) is 0 Å². The average molecular weight is 615 g/mol. The Balaban J connectivity index is 3.28. The van der Waals surface area contributed by atoms with Crippen LogP contribution in [0.4, 0.5) is 0 Å². The van der Waals surface area contributed by atoms with Gasteiger partial charge in [-0.2, -0.15) is 0 Å². The smallest absolute Gasteiger partial charge is 0.305 e. The van der Waals surface area contributed by atoms with Crippen LogP contribution in [0, 0.1) is 0 Å². The highest BCUT2D eigenvalue weighted by Crippen LogP contribution is 2.16. The van der Waals surface area contributed by atoms with Crippen LogP contribution in [-0.4, -0.2) is 63.7 Å². The SMILES string of the molecule is CCCCCCCCCCCCCCCCCCCCCCCCCCCCCC(=O)OC[C@@H](O)[C@@H](O)[C@H](O)[C@@H](O)C=O. The van der Waals surface area contributed by atoms with Gasteiger partial charge in [0.25, 0.3) is 0 Å². The van der Waals surface area contributed by atoms with Crippen LogP contribution < -0.4 is 0 Å². The van der Waals surface area contributed by atoms with E-state index in [2.05, 4.69) is 6.92 Å². The Morgan fingerprint density at radius 1 is 0.512 bits per heavy atom. The molecule has 0 radical (unpaired) electrons. The Hall–Kier alpha value is -1.02. The molecule has 0 unspecified atom stereocenters. The lowest BCUT2D eigenvalue weighted by Crippen LogP contribution is -2.46. The molecule has 0 aromatic heterocycles. The molecule has 0 saturated carbocycles. The summed E-state index contributed by atoms with van der Waals surface area (Å²) in [5.74, 6) is -0.476. The molecular weight excluding hydrogens is 544 g/mol. The van der Waals surface area contributed by atoms with Crippen LogP contribution in [0.3, 0.4) is 0 Å². The Kier molecular flexibility index (Phi) is 31.6. The van der Waals surface area contributed by atoms with Crippen molar-refractivity contribution in [3.63, 3.8) is 0 Å². The zero-order valence-electron chi connectivity index (χ0n) is 27.9. The van der Waals surface area contributed by atoms with Crippen molar-refractivity contribution in [2.24, 2.45) is 0 Å². The minimum Gasteiger partial charge on any atom is -0.463 e. The number of ether oxygens (including phenoxy) is 1. The number of unbranched alkanes of at least 4 members (excludes halogenated alkanes) is 26. The highest BCUT2D eigenvalue weighted by molar-refractivity contribution is 5.69. The number of rotatable bonds is 34. The lowest BCUT2D eigenvalue weighted by atomic mass is 10.0. The van der Waals surface area contributed by atoms with Crippen LogP contribution in [0.5, 0.6) is 0 Å². The Labute approximate surface area is 264 Å². The van der Waals surface area contributed by atoms with Crippen LogP contribution in [0.15, 0.2) is 0 Å². The lowest BCUT2D eigenvalue weighted by molar-refractivity contribution is -0.156. The molecule has 4 N–H and O–H groups in total. The van der Waals surface area contributed by atoms with E-state index in [9.17, 15) is 30.0 Å². The normalized spacial score (nSPS) is 14.3. The van der Waals surface area contributed by atoms with E-state index in [1.165, 1.54) is 154 Å². The summed E-state index contributed by atoms with van der Waals surface area (Å²) < 4.78 is 4.92. The highest BCUT2D eigenvalue weighted by Gasteiger charge is 2.30. The Bertz CT molecular complexity index is 600. The van der Waals surface area contributed by atoms with Gasteiger partial charge < -0.3 is 30.0 Å². The maximum absolute atomic E-state index is 11.8. The standard InChI is InChI=1S/C36H70O7/c1-2-3-4-5-6-7-8-9-10-11-12-13-14-15-16-17-18-19-20-21-22-23-24-25-26-27-28-29-34(40)43-31-33(39)36(42)35(41)32(38)30-37/h30,32-33,35-36,38-39,41-42H,2-29,31H2,1H3/t32-,33+,35+,36+/m0/s1. The third-order valence-corrected chi connectivity index (χ3v) is 8.63. The number of hydrogen-bond donors (Lipinski definition) is 4. The number of carbonyl (C=O) groups excluding carboxylic acids is 2. The molecule has 0 aromatic carbocycles. The van der Waals surface area contributed by atoms with E-state index in [1.807, 2.05) is 0 Å². The molecule has 0 saturated heterocycles. The third-order valence-electron chi connectivity index (χ3n) is 8.63. The maximum atomic E-state index is 11.8. The molecule has 0 rings (SSSR count). The molecule has 0 aliphatic heterocycles. The van der Waals surface area contributed by atoms with Gasteiger partial charge >= 0.3 is 5.97 Å². The van der Waals surface area contributed by atoms with E-state index in [-0.39, 0.29) is 12.7 Å². The van der Waals surface area contributed by atoms with Crippen molar-refractivity contribution >= 4 is 12.3 Å². The van der Waals surface area contributed by atoms with Crippen molar-refractivity contribution < 1.29 is 34.8 Å². The summed E-state index contributed by atoms with van der Waals surface area (Å²) in [5.41, 5.74) is 0. The van der Waals surface area contributed by atoms with Gasteiger partial charge in [0.2, 0.25) is 0 Å². The number of aliphatic hydroxyl groups is 4. The molecule has 0 amide bonds. The van der Waals surface area contributed by atoms with Crippen LogP contribution >= 0.6 is 0 Å². The number of aldehydes is 1. The first-order chi connectivity index (χ1) is 20.9. The van der Waals surface area contributed by atoms with E-state index < -0.39 is 37.0 Å². The van der Waals surface area contributed by atoms with Gasteiger partial charge in [0.1, 0.15) is 31.0 Å². The van der Waals surface area contributed by atoms with Crippen LogP contribution in [0.25, 0.3) is 0 Å². The summed E-state index contributed by atoms with van der Waals surface area (Å²) in [6, 6.07) is 0. The highest BCUT2D eigenvalue weighted by atomic mass is 16.5. The fraction of sp³-hybridized carbons (Fsp3) is 0.944. The van der Waals surface area contributed by atoms with E-state index in [0.717, 1.165) is 12.8 Å². The largest absolute Gasteiger partial charge is 0.463 e. The first-order valence-corrected chi connectivity index (χ1v) is 18.3. The summed E-state index contributed by atoms with van der Waals surface area (Å²) >= 11 is 0. The lowest BCUT2D eigenvalue weighted by Gasteiger charge is -2.23. The topological polar surface area (TPSA) is 124 Å². The second kappa shape index (κ2) is 32.4. The molecule has 0 fully saturated rings. The molecule has 0 heterocycles. The van der Waals surface area contributed by atoms with Gasteiger partial charge in [0, 0.05) is 6.42 Å². The van der Waals surface area contributed by atoms with Gasteiger partial charge in [-0.15, -0.1) is 0 Å². The zero-order valence-corrected chi connectivity index (χ0v) is 27.9. The molecule has 0 spiro atoms. The second-order valence-corrected chi connectivity index (χ2v) is 12.8. The van der Waals surface area contributed by atoms with Crippen molar-refractivity contribution in [2.45, 2.75) is 211 Å². The molecule has 0 aliphatic rings. The van der Waals surface area contributed by atoms with Crippen molar-refractivity contribution in [1.29, 1.82) is 0 Å². The van der Waals surface area contributed by atoms with Gasteiger partial charge in [0.15, 0.2) is 6.29 Å². The van der Waals surface area contributed by atoms with Crippen molar-refractivity contribution in [1.82, 2.24) is 0 Å². The van der Waals surface area contributed by atoms with Gasteiger partial charge in [-0.25, -0.2) is 0 Å². The molecule has 0 aliphatic carbocycles. The van der Waals surface area contributed by atoms with Crippen LogP contribution in [0.1, 0.15) is 187 Å². The van der Waals surface area contributed by atoms with Gasteiger partial charge in [-0.05, 0) is 6.42 Å². The summed E-state index contributed by atoms with van der Waals surface area (Å²) in [6.45, 7) is 1.79. The summed E-state index contributed by atoms with van der Waals surface area (Å²) in [6.07, 6.45) is 29.4. The minimum absolute atomic E-state index is 0.0653. The minimum atomic E-state index is -1.83. The fourth-order valence-electron chi connectivity index (χ4n) is 5.62. The molecule has 43 heavy (non-hydrogen) atoms. The number of hydrogen-bond acceptors (Lipinski definition) is 7. The predicted octanol–water partition coefficient (Wildman–Crippen LogP) is 8.11. The van der Waals surface area contributed by atoms with Crippen molar-refractivity contribution in [2.75, 3.05) is 6.61 Å². The average Bonchev–Trinajstić information content (AvgIpc) is 3.02. The summed E-state index contributed by atoms with van der Waals surface area (Å²) in [7, 11) is 0. The first kappa shape index (κ1) is 42.0. The van der Waals surface area contributed by atoms with E-state index in [0.29, 0.717) is 6.42 Å². The maximum Gasteiger partial charge on any atom is 0.305 e. The van der Waals surface area contributed by atoms with Gasteiger partial charge in [-0.1, -0.05) is 174 Å². The van der Waals surface area contributed by atoms with E-state index >= 15 is 0 Å². The van der Waals surface area contributed by atoms with Gasteiger partial charge in [-0.3, -0.25) is 4.79 Å². The molecule has 7 heteroatoms. The Morgan fingerprint density at radius 2 is 0.814 bits per heavy atom. The quantitative estimate of drug-likeness (QED) is 0.0328. The number of aliphatic hydroxyl groups excluding tert-OH is 4. The predicted molar refractivity (Wildman–Crippen MR) is 176 cm³/mol. The molecule has 0 aromatic rings. The zero-order chi connectivity index (χ0) is 31.8. The fourth-order valence-corrected chi connectivity index (χ4v) is 5.62. The first-order valence-electron chi connectivity index (χ1n) is 18.3. The molecule has 7 nitrogen and oxygen atoms in total. The van der Waals surface area contributed by atoms with Crippen LogP contribution in [0.2, 0.25) is 0 Å². The molecular formula is C36H70O7. The second-order valence-electron chi connectivity index (χ2n) is 12.8. The van der Waals surface area contributed by atoms with Crippen molar-refractivity contribution in [3.05, 3.63) is 0 Å². The monoisotopic (exact) mass is 615 g/mol. The number of esters is 1. The Morgan fingerprint density at radius 3 is 1.12 bits per heavy atom. The third kappa shape index (κ3) is 28.2. The van der Waals surface area contributed by atoms with E-state index in [1.54, 1.807) is 0 Å². The summed E-state index contributed by atoms with van der Waals surface area (Å²) in [4.78, 5) is 22.2. The molecule has 256 valence electrons. The molecule has 0 bridgehead atoms.